The Morgan fingerprint density at radius 2 is 2.00 bits per heavy atom. The summed E-state index contributed by atoms with van der Waals surface area (Å²) in [6, 6.07) is 12.1. The Hall–Kier alpha value is -3.55. The van der Waals surface area contributed by atoms with Crippen molar-refractivity contribution in [1.82, 2.24) is 9.97 Å². The van der Waals surface area contributed by atoms with Crippen molar-refractivity contribution < 1.29 is 4.74 Å². The molecule has 0 atom stereocenters. The van der Waals surface area contributed by atoms with E-state index in [4.69, 9.17) is 10.5 Å². The van der Waals surface area contributed by atoms with Crippen molar-refractivity contribution in [1.29, 1.82) is 0 Å². The maximum atomic E-state index is 11.8. The summed E-state index contributed by atoms with van der Waals surface area (Å²) in [5.41, 5.74) is 10.2. The topological polar surface area (TPSA) is 109 Å². The molecule has 4 N–H and O–H groups in total. The molecule has 8 heteroatoms. The van der Waals surface area contributed by atoms with Gasteiger partial charge in [-0.05, 0) is 42.7 Å². The first-order valence-electron chi connectivity index (χ1n) is 11.0. The van der Waals surface area contributed by atoms with Crippen LogP contribution in [0.5, 0.6) is 5.75 Å². The zero-order valence-electron chi connectivity index (χ0n) is 18.6. The predicted molar refractivity (Wildman–Crippen MR) is 130 cm³/mol. The average molecular weight is 435 g/mol. The van der Waals surface area contributed by atoms with E-state index in [2.05, 4.69) is 32.2 Å². The van der Waals surface area contributed by atoms with Gasteiger partial charge in [0, 0.05) is 13.1 Å². The lowest BCUT2D eigenvalue weighted by molar-refractivity contribution is 0.414. The minimum absolute atomic E-state index is 0.238. The maximum absolute atomic E-state index is 11.8. The van der Waals surface area contributed by atoms with Crippen LogP contribution in [-0.2, 0) is 6.54 Å². The number of H-pyrrole nitrogens is 1. The normalized spacial score (nSPS) is 15.0. The van der Waals surface area contributed by atoms with Crippen molar-refractivity contribution in [2.75, 3.05) is 24.4 Å². The lowest BCUT2D eigenvalue weighted by Crippen LogP contribution is -2.34. The number of hydrogen-bond acceptors (Lipinski definition) is 5. The second kappa shape index (κ2) is 9.72. The number of ether oxygens (including phenoxy) is 1. The van der Waals surface area contributed by atoms with Crippen molar-refractivity contribution in [3.05, 3.63) is 58.5 Å². The third kappa shape index (κ3) is 5.01. The van der Waals surface area contributed by atoms with Crippen LogP contribution < -0.4 is 26.2 Å². The molecule has 2 aromatic carbocycles. The number of hydrogen-bond donors (Lipinski definition) is 3. The van der Waals surface area contributed by atoms with E-state index in [1.54, 1.807) is 7.11 Å². The molecule has 0 bridgehead atoms. The minimum atomic E-state index is -0.238. The first kappa shape index (κ1) is 21.7. The predicted octanol–water partition coefficient (Wildman–Crippen LogP) is 3.63. The molecule has 1 aliphatic carbocycles. The zero-order chi connectivity index (χ0) is 22.5. The number of methoxy groups -OCH3 is 1. The second-order valence-corrected chi connectivity index (χ2v) is 8.21. The first-order chi connectivity index (χ1) is 15.5. The Morgan fingerprint density at radius 3 is 2.72 bits per heavy atom. The van der Waals surface area contributed by atoms with Crippen LogP contribution in [-0.4, -0.2) is 36.1 Å². The van der Waals surface area contributed by atoms with E-state index in [9.17, 15) is 4.79 Å². The number of aliphatic imine (C=N–C) groups is 1. The fourth-order valence-electron chi connectivity index (χ4n) is 4.22. The fourth-order valence-corrected chi connectivity index (χ4v) is 4.22. The van der Waals surface area contributed by atoms with E-state index >= 15 is 0 Å². The van der Waals surface area contributed by atoms with E-state index in [0.29, 0.717) is 24.1 Å². The number of nitrogens with zero attached hydrogens (tertiary/aromatic N) is 3. The van der Waals surface area contributed by atoms with Crippen LogP contribution in [0.25, 0.3) is 11.0 Å². The second-order valence-electron chi connectivity index (χ2n) is 8.21. The van der Waals surface area contributed by atoms with Gasteiger partial charge in [-0.25, -0.2) is 9.98 Å². The van der Waals surface area contributed by atoms with Crippen molar-refractivity contribution in [3.8, 4) is 5.75 Å². The average Bonchev–Trinajstić information content (AvgIpc) is 2.82. The summed E-state index contributed by atoms with van der Waals surface area (Å²) in [4.78, 5) is 25.7. The van der Waals surface area contributed by atoms with Crippen molar-refractivity contribution in [2.24, 2.45) is 10.7 Å². The number of aromatic amines is 1. The molecule has 1 aromatic heterocycles. The molecule has 4 rings (SSSR count). The molecule has 0 amide bonds. The molecule has 1 saturated carbocycles. The highest BCUT2D eigenvalue weighted by molar-refractivity contribution is 5.99. The first-order valence-corrected chi connectivity index (χ1v) is 11.0. The zero-order valence-corrected chi connectivity index (χ0v) is 18.6. The summed E-state index contributed by atoms with van der Waals surface area (Å²) >= 11 is 0. The molecule has 0 saturated heterocycles. The van der Waals surface area contributed by atoms with Crippen LogP contribution in [0, 0.1) is 0 Å². The van der Waals surface area contributed by atoms with Crippen molar-refractivity contribution in [3.63, 3.8) is 0 Å². The third-order valence-electron chi connectivity index (χ3n) is 6.05. The monoisotopic (exact) mass is 434 g/mol. The van der Waals surface area contributed by atoms with Crippen LogP contribution in [0.15, 0.2) is 52.4 Å². The standard InChI is InChI=1S/C24H30N6O2/c1-30(17-6-4-3-5-7-17)22-13-19-20(28-23(31)15-26-19)12-21(22)29-24(25)27-14-16-8-10-18(32-2)11-9-16/h8-13,15,17H,3-7,14H2,1-2H3,(H,28,31)(H3,25,27,29). The number of guanidine groups is 1. The molecule has 3 aromatic rings. The summed E-state index contributed by atoms with van der Waals surface area (Å²) < 4.78 is 5.20. The Bertz CT molecular complexity index is 1150. The molecule has 32 heavy (non-hydrogen) atoms. The van der Waals surface area contributed by atoms with Crippen LogP contribution in [0.2, 0.25) is 0 Å². The van der Waals surface area contributed by atoms with Crippen LogP contribution in [0.1, 0.15) is 37.7 Å². The lowest BCUT2D eigenvalue weighted by Gasteiger charge is -2.34. The summed E-state index contributed by atoms with van der Waals surface area (Å²) in [5.74, 6) is 1.11. The van der Waals surface area contributed by atoms with Gasteiger partial charge in [0.15, 0.2) is 5.96 Å². The number of anilines is 2. The number of nitrogens with two attached hydrogens (primary N) is 1. The molecule has 0 radical (unpaired) electrons. The van der Waals surface area contributed by atoms with Gasteiger partial charge in [-0.15, -0.1) is 0 Å². The van der Waals surface area contributed by atoms with E-state index in [1.165, 1.54) is 25.5 Å². The summed E-state index contributed by atoms with van der Waals surface area (Å²) in [6.07, 6.45) is 7.40. The van der Waals surface area contributed by atoms with Gasteiger partial charge in [0.25, 0.3) is 5.56 Å². The van der Waals surface area contributed by atoms with Crippen molar-refractivity contribution >= 4 is 28.4 Å². The van der Waals surface area contributed by atoms with Gasteiger partial charge < -0.3 is 25.7 Å². The van der Waals surface area contributed by atoms with E-state index in [1.807, 2.05) is 36.4 Å². The quantitative estimate of drug-likeness (QED) is 0.404. The Balaban J connectivity index is 1.61. The molecular weight excluding hydrogens is 404 g/mol. The summed E-state index contributed by atoms with van der Waals surface area (Å²) in [6.45, 7) is 0.447. The third-order valence-corrected chi connectivity index (χ3v) is 6.05. The lowest BCUT2D eigenvalue weighted by atomic mass is 9.94. The Morgan fingerprint density at radius 1 is 1.25 bits per heavy atom. The molecule has 0 spiro atoms. The highest BCUT2D eigenvalue weighted by Crippen LogP contribution is 2.33. The number of benzene rings is 2. The van der Waals surface area contributed by atoms with Gasteiger partial charge in [-0.3, -0.25) is 4.79 Å². The molecule has 8 nitrogen and oxygen atoms in total. The molecule has 0 aliphatic heterocycles. The van der Waals surface area contributed by atoms with E-state index in [0.717, 1.165) is 41.0 Å². The van der Waals surface area contributed by atoms with E-state index < -0.39 is 0 Å². The number of aromatic nitrogens is 2. The fraction of sp³-hybridized carbons (Fsp3) is 0.375. The summed E-state index contributed by atoms with van der Waals surface area (Å²) in [5, 5.41) is 3.25. The molecule has 168 valence electrons. The number of nitrogens with one attached hydrogen (secondary N) is 2. The minimum Gasteiger partial charge on any atom is -0.497 e. The molecule has 0 unspecified atom stereocenters. The Kier molecular flexibility index (Phi) is 6.58. The van der Waals surface area contributed by atoms with Gasteiger partial charge in [-0.1, -0.05) is 31.4 Å². The highest BCUT2D eigenvalue weighted by atomic mass is 16.5. The molecular formula is C24H30N6O2. The van der Waals surface area contributed by atoms with Crippen LogP contribution >= 0.6 is 0 Å². The smallest absolute Gasteiger partial charge is 0.266 e. The molecule has 1 aliphatic rings. The maximum Gasteiger partial charge on any atom is 0.266 e. The van der Waals surface area contributed by atoms with Gasteiger partial charge in [0.05, 0.1) is 42.3 Å². The van der Waals surface area contributed by atoms with Crippen molar-refractivity contribution in [2.45, 2.75) is 44.7 Å². The highest BCUT2D eigenvalue weighted by Gasteiger charge is 2.21. The summed E-state index contributed by atoms with van der Waals surface area (Å²) in [7, 11) is 3.75. The van der Waals surface area contributed by atoms with Crippen LogP contribution in [0.3, 0.4) is 0 Å². The SMILES string of the molecule is COc1ccc(CN=C(N)Nc2cc3[nH]c(=O)cnc3cc2N(C)C2CCCCC2)cc1. The van der Waals surface area contributed by atoms with E-state index in [-0.39, 0.29) is 5.56 Å². The van der Waals surface area contributed by atoms with Gasteiger partial charge in [-0.2, -0.15) is 0 Å². The molecule has 1 heterocycles. The van der Waals surface area contributed by atoms with Gasteiger partial charge in [0.2, 0.25) is 0 Å². The number of fused-ring (bicyclic) bond motifs is 1. The molecule has 1 fully saturated rings. The Labute approximate surface area is 187 Å². The number of rotatable bonds is 6. The van der Waals surface area contributed by atoms with Gasteiger partial charge >= 0.3 is 0 Å². The van der Waals surface area contributed by atoms with Crippen LogP contribution in [0.4, 0.5) is 11.4 Å². The van der Waals surface area contributed by atoms with Gasteiger partial charge in [0.1, 0.15) is 5.75 Å². The largest absolute Gasteiger partial charge is 0.497 e.